The first-order valence-electron chi connectivity index (χ1n) is 20.7. The van der Waals surface area contributed by atoms with Crippen LogP contribution in [0.3, 0.4) is 0 Å². The van der Waals surface area contributed by atoms with Gasteiger partial charge in [0.05, 0.1) is 5.41 Å². The lowest BCUT2D eigenvalue weighted by Crippen LogP contribution is -2.28. The smallest absolute Gasteiger partial charge is 0.0713 e. The van der Waals surface area contributed by atoms with Gasteiger partial charge in [-0.1, -0.05) is 188 Å². The van der Waals surface area contributed by atoms with E-state index in [4.69, 9.17) is 0 Å². The highest BCUT2D eigenvalue weighted by Gasteiger charge is 2.46. The van der Waals surface area contributed by atoms with E-state index in [0.29, 0.717) is 0 Å². The minimum absolute atomic E-state index is 0.458. The molecule has 0 saturated carbocycles. The zero-order valence-corrected chi connectivity index (χ0v) is 33.7. The third-order valence-electron chi connectivity index (χ3n) is 12.7. The van der Waals surface area contributed by atoms with Crippen molar-refractivity contribution in [1.82, 2.24) is 0 Å². The van der Waals surface area contributed by atoms with Gasteiger partial charge in [0.15, 0.2) is 0 Å². The van der Waals surface area contributed by atoms with E-state index in [2.05, 4.69) is 231 Å². The van der Waals surface area contributed by atoms with Crippen LogP contribution in [0.25, 0.3) is 86.6 Å². The number of rotatable bonds is 6. The Labute approximate surface area is 354 Å². The third-order valence-corrected chi connectivity index (χ3v) is 13.9. The Morgan fingerprint density at radius 1 is 0.283 bits per heavy atom. The maximum absolute atomic E-state index is 2.51. The summed E-state index contributed by atoms with van der Waals surface area (Å²) in [6.07, 6.45) is 0. The summed E-state index contributed by atoms with van der Waals surface area (Å²) in [5.74, 6) is 0. The van der Waals surface area contributed by atoms with Gasteiger partial charge in [-0.05, 0) is 131 Å². The summed E-state index contributed by atoms with van der Waals surface area (Å²) in [6.45, 7) is 0. The molecule has 0 nitrogen and oxygen atoms in total. The summed E-state index contributed by atoms with van der Waals surface area (Å²) in [5.41, 5.74) is 17.2. The molecule has 0 fully saturated rings. The van der Waals surface area contributed by atoms with Gasteiger partial charge < -0.3 is 0 Å². The Balaban J connectivity index is 1.09. The van der Waals surface area contributed by atoms with Gasteiger partial charge in [-0.3, -0.25) is 0 Å². The van der Waals surface area contributed by atoms with Crippen molar-refractivity contribution in [3.05, 3.63) is 253 Å². The molecule has 0 spiro atoms. The van der Waals surface area contributed by atoms with E-state index in [9.17, 15) is 0 Å². The molecule has 1 aromatic heterocycles. The average molecular weight is 779 g/mol. The van der Waals surface area contributed by atoms with Crippen LogP contribution in [0.1, 0.15) is 22.3 Å². The van der Waals surface area contributed by atoms with Crippen LogP contribution in [-0.4, -0.2) is 0 Å². The molecule has 10 aromatic carbocycles. The summed E-state index contributed by atoms with van der Waals surface area (Å²) < 4.78 is 2.59. The van der Waals surface area contributed by atoms with Crippen molar-refractivity contribution in [2.45, 2.75) is 5.41 Å². The topological polar surface area (TPSA) is 0 Å². The van der Waals surface area contributed by atoms with E-state index in [-0.39, 0.29) is 0 Å². The van der Waals surface area contributed by atoms with Crippen molar-refractivity contribution in [2.75, 3.05) is 0 Å². The largest absolute Gasteiger partial charge is 0.135 e. The SMILES string of the molecule is c1ccc(-c2cc(-c3ccc4ccccc4c3)cc(-c3ccccc3-c3cccc4sc5ccc(C6(c7ccccc7)c7ccccc7-c7ccccc76)cc5c34)c2)cc1. The Morgan fingerprint density at radius 2 is 0.867 bits per heavy atom. The molecule has 0 amide bonds. The second-order valence-electron chi connectivity index (χ2n) is 16.0. The van der Waals surface area contributed by atoms with Crippen LogP contribution >= 0.6 is 11.3 Å². The minimum atomic E-state index is -0.458. The first kappa shape index (κ1) is 34.7. The lowest BCUT2D eigenvalue weighted by molar-refractivity contribution is 0.770. The van der Waals surface area contributed by atoms with E-state index in [0.717, 1.165) is 0 Å². The highest BCUT2D eigenvalue weighted by Crippen LogP contribution is 2.57. The molecule has 0 atom stereocenters. The minimum Gasteiger partial charge on any atom is -0.135 e. The van der Waals surface area contributed by atoms with Gasteiger partial charge in [0.25, 0.3) is 0 Å². The van der Waals surface area contributed by atoms with Gasteiger partial charge >= 0.3 is 0 Å². The molecule has 0 saturated heterocycles. The predicted molar refractivity (Wildman–Crippen MR) is 256 cm³/mol. The molecule has 1 aliphatic carbocycles. The van der Waals surface area contributed by atoms with Gasteiger partial charge in [-0.2, -0.15) is 0 Å². The molecule has 0 aliphatic heterocycles. The molecule has 1 heteroatoms. The van der Waals surface area contributed by atoms with E-state index >= 15 is 0 Å². The van der Waals surface area contributed by atoms with E-state index in [1.807, 2.05) is 11.3 Å². The third kappa shape index (κ3) is 5.37. The number of thiophene rings is 1. The zero-order chi connectivity index (χ0) is 39.6. The molecule has 0 N–H and O–H groups in total. The quantitative estimate of drug-likeness (QED) is 0.158. The number of benzene rings is 10. The molecule has 60 heavy (non-hydrogen) atoms. The first-order chi connectivity index (χ1) is 29.7. The lowest BCUT2D eigenvalue weighted by Gasteiger charge is -2.34. The van der Waals surface area contributed by atoms with Gasteiger partial charge in [0.1, 0.15) is 0 Å². The van der Waals surface area contributed by atoms with Gasteiger partial charge in [-0.25, -0.2) is 0 Å². The van der Waals surface area contributed by atoms with E-state index < -0.39 is 5.41 Å². The zero-order valence-electron chi connectivity index (χ0n) is 32.8. The molecule has 12 rings (SSSR count). The highest BCUT2D eigenvalue weighted by molar-refractivity contribution is 7.26. The fraction of sp³-hybridized carbons (Fsp3) is 0.0169. The van der Waals surface area contributed by atoms with Crippen molar-refractivity contribution in [3.8, 4) is 55.6 Å². The summed E-state index contributed by atoms with van der Waals surface area (Å²) >= 11 is 1.89. The Bertz CT molecular complexity index is 3380. The van der Waals surface area contributed by atoms with Crippen molar-refractivity contribution in [1.29, 1.82) is 0 Å². The molecule has 11 aromatic rings. The fourth-order valence-corrected chi connectivity index (χ4v) is 11.2. The van der Waals surface area contributed by atoms with Crippen molar-refractivity contribution in [3.63, 3.8) is 0 Å². The Kier molecular flexibility index (Phi) is 8.04. The van der Waals surface area contributed by atoms with Crippen molar-refractivity contribution < 1.29 is 0 Å². The van der Waals surface area contributed by atoms with Gasteiger partial charge in [0.2, 0.25) is 0 Å². The normalized spacial score (nSPS) is 12.8. The van der Waals surface area contributed by atoms with E-state index in [1.54, 1.807) is 0 Å². The number of fused-ring (bicyclic) bond motifs is 7. The maximum atomic E-state index is 2.51. The molecule has 0 radical (unpaired) electrons. The summed E-state index contributed by atoms with van der Waals surface area (Å²) in [5, 5.41) is 5.10. The fourth-order valence-electron chi connectivity index (χ4n) is 10.1. The predicted octanol–water partition coefficient (Wildman–Crippen LogP) is 16.2. The summed E-state index contributed by atoms with van der Waals surface area (Å²) in [6, 6.07) is 85.7. The molecule has 1 aliphatic rings. The maximum Gasteiger partial charge on any atom is 0.0713 e. The van der Waals surface area contributed by atoms with Gasteiger partial charge in [-0.15, -0.1) is 11.3 Å². The van der Waals surface area contributed by atoms with E-state index in [1.165, 1.54) is 109 Å². The first-order valence-corrected chi connectivity index (χ1v) is 21.6. The van der Waals surface area contributed by atoms with Gasteiger partial charge in [0, 0.05) is 20.2 Å². The molecular weight excluding hydrogens is 741 g/mol. The monoisotopic (exact) mass is 778 g/mol. The van der Waals surface area contributed by atoms with Crippen molar-refractivity contribution in [2.24, 2.45) is 0 Å². The van der Waals surface area contributed by atoms with Crippen LogP contribution in [0.5, 0.6) is 0 Å². The van der Waals surface area contributed by atoms with Crippen LogP contribution in [0, 0.1) is 0 Å². The Hall–Kier alpha value is -7.32. The van der Waals surface area contributed by atoms with Crippen molar-refractivity contribution >= 4 is 42.3 Å². The number of hydrogen-bond acceptors (Lipinski definition) is 1. The van der Waals surface area contributed by atoms with Crippen LogP contribution in [0.2, 0.25) is 0 Å². The average Bonchev–Trinajstić information content (AvgIpc) is 3.85. The number of hydrogen-bond donors (Lipinski definition) is 0. The highest BCUT2D eigenvalue weighted by atomic mass is 32.1. The summed E-state index contributed by atoms with van der Waals surface area (Å²) in [4.78, 5) is 0. The molecule has 280 valence electrons. The van der Waals surface area contributed by atoms with Crippen LogP contribution < -0.4 is 0 Å². The molecular formula is C59H38S. The van der Waals surface area contributed by atoms with Crippen LogP contribution in [0.15, 0.2) is 231 Å². The lowest BCUT2D eigenvalue weighted by atomic mass is 9.67. The molecule has 0 unspecified atom stereocenters. The molecule has 1 heterocycles. The second-order valence-corrected chi connectivity index (χ2v) is 17.1. The van der Waals surface area contributed by atoms with Crippen LogP contribution in [-0.2, 0) is 5.41 Å². The standard InChI is InChI=1S/C59H38S/c1-3-16-39(17-4-1)43-35-44(42-31-30-40-18-7-8-19-41(40)34-42)37-45(36-43)48-22-9-10-23-49(48)52-26-15-29-57-58(52)53-38-47(32-33-56(53)60-57)59(46-20-5-2-6-21-46)54-27-13-11-24-50(54)51-25-12-14-28-55(51)59/h1-38H. The summed E-state index contributed by atoms with van der Waals surface area (Å²) in [7, 11) is 0. The Morgan fingerprint density at radius 3 is 1.62 bits per heavy atom. The van der Waals surface area contributed by atoms with Crippen LogP contribution in [0.4, 0.5) is 0 Å². The molecule has 0 bridgehead atoms. The second kappa shape index (κ2) is 13.9.